The SMILES string of the molecule is [2H]C([2H])([2H])C(C/C=C\[CH2-])(C([2H])([2H])[2H])C([2H])([2H])[2H].[Li+]. The van der Waals surface area contributed by atoms with Crippen LogP contribution in [0.5, 0.6) is 0 Å². The summed E-state index contributed by atoms with van der Waals surface area (Å²) in [5.41, 5.74) is -2.76. The van der Waals surface area contributed by atoms with Gasteiger partial charge in [0, 0.05) is 12.3 Å². The summed E-state index contributed by atoms with van der Waals surface area (Å²) in [7, 11) is 0. The van der Waals surface area contributed by atoms with E-state index in [0.717, 1.165) is 6.08 Å². The average Bonchev–Trinajstić information content (AvgIpc) is 1.96. The molecule has 0 atom stereocenters. The molecule has 0 unspecified atom stereocenters. The number of hydrogen-bond acceptors (Lipinski definition) is 0. The van der Waals surface area contributed by atoms with Crippen LogP contribution in [0.3, 0.4) is 0 Å². The molecule has 0 nitrogen and oxygen atoms in total. The normalized spacial score (nSPS) is 30.4. The molecular weight excluding hydrogens is 103 g/mol. The van der Waals surface area contributed by atoms with Crippen LogP contribution in [0.4, 0.5) is 0 Å². The first kappa shape index (κ1) is 2.36. The van der Waals surface area contributed by atoms with Crippen molar-refractivity contribution >= 4 is 0 Å². The number of rotatable bonds is 1. The van der Waals surface area contributed by atoms with Gasteiger partial charge in [0.05, 0.1) is 0 Å². The molecule has 0 aliphatic carbocycles. The summed E-state index contributed by atoms with van der Waals surface area (Å²) in [5, 5.41) is 0. The van der Waals surface area contributed by atoms with Gasteiger partial charge in [0.25, 0.3) is 0 Å². The fourth-order valence-electron chi connectivity index (χ4n) is 0.260. The predicted molar refractivity (Wildman–Crippen MR) is 38.6 cm³/mol. The van der Waals surface area contributed by atoms with E-state index >= 15 is 0 Å². The summed E-state index contributed by atoms with van der Waals surface area (Å²) in [4.78, 5) is 0. The van der Waals surface area contributed by atoms with Crippen molar-refractivity contribution in [2.45, 2.75) is 27.0 Å². The Hall–Kier alpha value is 0.207. The first-order chi connectivity index (χ1) is 7.31. The molecule has 0 spiro atoms. The van der Waals surface area contributed by atoms with Gasteiger partial charge in [-0.05, 0) is 0 Å². The van der Waals surface area contributed by atoms with Gasteiger partial charge in [0.15, 0.2) is 0 Å². The second-order valence-electron chi connectivity index (χ2n) is 1.58. The van der Waals surface area contributed by atoms with Gasteiger partial charge in [-0.25, -0.2) is 19.1 Å². The molecule has 0 aliphatic rings. The molecule has 0 bridgehead atoms. The van der Waals surface area contributed by atoms with Gasteiger partial charge in [-0.15, -0.1) is 0 Å². The van der Waals surface area contributed by atoms with E-state index in [2.05, 4.69) is 6.92 Å². The molecule has 0 amide bonds. The zero-order valence-corrected chi connectivity index (χ0v) is 5.57. The van der Waals surface area contributed by atoms with E-state index in [1.54, 1.807) is 0 Å². The number of hydrogen-bond donors (Lipinski definition) is 0. The molecule has 0 heterocycles. The fourth-order valence-corrected chi connectivity index (χ4v) is 0.260. The van der Waals surface area contributed by atoms with Crippen molar-refractivity contribution in [3.63, 3.8) is 0 Å². The first-order valence-electron chi connectivity index (χ1n) is 6.75. The van der Waals surface area contributed by atoms with Crippen LogP contribution < -0.4 is 18.9 Å². The molecule has 0 rings (SSSR count). The molecule has 0 aliphatic heterocycles. The molecule has 0 aromatic carbocycles. The van der Waals surface area contributed by atoms with E-state index in [-0.39, 0.29) is 18.9 Å². The summed E-state index contributed by atoms with van der Waals surface area (Å²) in [5.74, 6) is 0. The minimum absolute atomic E-state index is 0. The third-order valence-corrected chi connectivity index (χ3v) is 0.591. The predicted octanol–water partition coefficient (Wildman–Crippen LogP) is -0.183. The summed E-state index contributed by atoms with van der Waals surface area (Å²) in [6.07, 6.45) is 1.75. The standard InChI is InChI=1S/C8H15.Li/c1-5-6-7-8(2,3)4;/h5-6H,1,7H2,2-4H3;/q-1;+1/b6-5-;/i2D3,3D3,4D3;. The molecule has 0 radical (unpaired) electrons. The quantitative estimate of drug-likeness (QED) is 0.338. The van der Waals surface area contributed by atoms with E-state index in [9.17, 15) is 0 Å². The van der Waals surface area contributed by atoms with Crippen molar-refractivity contribution in [2.75, 3.05) is 0 Å². The van der Waals surface area contributed by atoms with Crippen molar-refractivity contribution in [2.24, 2.45) is 5.41 Å². The maximum Gasteiger partial charge on any atom is 1.00 e. The van der Waals surface area contributed by atoms with Crippen LogP contribution >= 0.6 is 0 Å². The van der Waals surface area contributed by atoms with Gasteiger partial charge in [-0.2, -0.15) is 0 Å². The van der Waals surface area contributed by atoms with Gasteiger partial charge in [0.2, 0.25) is 0 Å². The molecule has 48 valence electrons. The Labute approximate surface area is 83.5 Å². The second kappa shape index (κ2) is 5.03. The average molecular weight is 127 g/mol. The largest absolute Gasteiger partial charge is 1.00 e. The minimum atomic E-state index is -3.12. The molecule has 0 saturated carbocycles. The molecule has 0 aromatic rings. The Balaban J connectivity index is 0. The smallest absolute Gasteiger partial charge is 0.245 e. The molecule has 0 fully saturated rings. The van der Waals surface area contributed by atoms with Crippen LogP contribution in [0.25, 0.3) is 0 Å². The van der Waals surface area contributed by atoms with Gasteiger partial charge < -0.3 is 0 Å². The van der Waals surface area contributed by atoms with Crippen molar-refractivity contribution < 1.29 is 31.2 Å². The minimum Gasteiger partial charge on any atom is -0.245 e. The Morgan fingerprint density at radius 2 is 2.11 bits per heavy atom. The summed E-state index contributed by atoms with van der Waals surface area (Å²) in [6, 6.07) is 0. The van der Waals surface area contributed by atoms with E-state index in [1.807, 2.05) is 0 Å². The zero-order chi connectivity index (χ0) is 14.1. The topological polar surface area (TPSA) is 0 Å². The third kappa shape index (κ3) is 11.7. The molecular formula is C8H15Li. The van der Waals surface area contributed by atoms with E-state index in [1.165, 1.54) is 6.08 Å². The van der Waals surface area contributed by atoms with E-state index < -0.39 is 32.4 Å². The van der Waals surface area contributed by atoms with Gasteiger partial charge >= 0.3 is 18.9 Å². The van der Waals surface area contributed by atoms with Gasteiger partial charge in [0.1, 0.15) is 0 Å². The fraction of sp³-hybridized carbons (Fsp3) is 0.625. The van der Waals surface area contributed by atoms with Crippen LogP contribution in [0.15, 0.2) is 12.2 Å². The Morgan fingerprint density at radius 1 is 1.56 bits per heavy atom. The van der Waals surface area contributed by atoms with Crippen molar-refractivity contribution in [3.05, 3.63) is 19.1 Å². The third-order valence-electron chi connectivity index (χ3n) is 0.591. The van der Waals surface area contributed by atoms with Crippen LogP contribution in [-0.4, -0.2) is 0 Å². The molecule has 0 aromatic heterocycles. The van der Waals surface area contributed by atoms with E-state index in [0.29, 0.717) is 0 Å². The Kier molecular flexibility index (Phi) is 1.32. The Bertz CT molecular complexity index is 246. The molecule has 0 N–H and O–H groups in total. The van der Waals surface area contributed by atoms with Crippen molar-refractivity contribution in [1.82, 2.24) is 0 Å². The summed E-state index contributed by atoms with van der Waals surface area (Å²) in [6.45, 7) is -6.06. The number of allylic oxidation sites excluding steroid dienone is 2. The van der Waals surface area contributed by atoms with Crippen LogP contribution in [-0.2, 0) is 0 Å². The maximum atomic E-state index is 7.29. The molecule has 0 saturated heterocycles. The second-order valence-corrected chi connectivity index (χ2v) is 1.58. The van der Waals surface area contributed by atoms with Crippen LogP contribution in [0.1, 0.15) is 39.3 Å². The Morgan fingerprint density at radius 3 is 2.44 bits per heavy atom. The summed E-state index contributed by atoms with van der Waals surface area (Å²) < 4.78 is 65.6. The van der Waals surface area contributed by atoms with Crippen LogP contribution in [0, 0.1) is 12.3 Å². The first-order valence-corrected chi connectivity index (χ1v) is 2.25. The van der Waals surface area contributed by atoms with Gasteiger partial charge in [-0.1, -0.05) is 32.4 Å². The van der Waals surface area contributed by atoms with Crippen LogP contribution in [0.2, 0.25) is 0 Å². The van der Waals surface area contributed by atoms with Crippen molar-refractivity contribution in [3.8, 4) is 0 Å². The van der Waals surface area contributed by atoms with E-state index in [4.69, 9.17) is 12.3 Å². The zero-order valence-electron chi connectivity index (χ0n) is 14.6. The molecule has 9 heavy (non-hydrogen) atoms. The van der Waals surface area contributed by atoms with Gasteiger partial charge in [-0.3, -0.25) is 0 Å². The molecule has 1 heteroatoms. The maximum absolute atomic E-state index is 7.29. The summed E-state index contributed by atoms with van der Waals surface area (Å²) >= 11 is 0. The van der Waals surface area contributed by atoms with Crippen molar-refractivity contribution in [1.29, 1.82) is 0 Å². The monoisotopic (exact) mass is 127 g/mol.